The summed E-state index contributed by atoms with van der Waals surface area (Å²) >= 11 is 0. The fourth-order valence-corrected chi connectivity index (χ4v) is 8.32. The molecule has 3 heteroatoms. The molecule has 0 saturated heterocycles. The first kappa shape index (κ1) is 23.9. The average Bonchev–Trinajstić information content (AvgIpc) is 2.57. The predicted molar refractivity (Wildman–Crippen MR) is 111 cm³/mol. The third-order valence-electron chi connectivity index (χ3n) is 5.26. The van der Waals surface area contributed by atoms with E-state index in [1.807, 2.05) is 0 Å². The molecule has 0 aromatic carbocycles. The summed E-state index contributed by atoms with van der Waals surface area (Å²) in [5.74, 6) is -0.588. The lowest BCUT2D eigenvalue weighted by molar-refractivity contribution is -0.136. The van der Waals surface area contributed by atoms with Crippen molar-refractivity contribution in [3.05, 3.63) is 0 Å². The van der Waals surface area contributed by atoms with Crippen LogP contribution in [-0.4, -0.2) is 35.7 Å². The van der Waals surface area contributed by atoms with Crippen LogP contribution in [-0.2, 0) is 4.79 Å². The van der Waals surface area contributed by atoms with Crippen LogP contribution in [0, 0.1) is 0 Å². The first-order valence-electron chi connectivity index (χ1n) is 10.7. The molecule has 2 nitrogen and oxygen atoms in total. The normalized spacial score (nSPS) is 11.8. The van der Waals surface area contributed by atoms with Crippen molar-refractivity contribution in [2.24, 2.45) is 0 Å². The second-order valence-corrected chi connectivity index (χ2v) is 12.0. The highest BCUT2D eigenvalue weighted by Crippen LogP contribution is 2.61. The van der Waals surface area contributed by atoms with Gasteiger partial charge >= 0.3 is 5.97 Å². The topological polar surface area (TPSA) is 37.3 Å². The minimum atomic E-state index is -1.05. The molecule has 0 amide bonds. The molecule has 1 N–H and O–H groups in total. The van der Waals surface area contributed by atoms with Gasteiger partial charge in [0.1, 0.15) is 0 Å². The minimum absolute atomic E-state index is 0.406. The molecule has 0 aliphatic heterocycles. The zero-order valence-corrected chi connectivity index (χ0v) is 17.7. The summed E-state index contributed by atoms with van der Waals surface area (Å²) < 4.78 is 0. The summed E-state index contributed by atoms with van der Waals surface area (Å²) in [5.41, 5.74) is 0. The Hall–Kier alpha value is -0.100. The summed E-state index contributed by atoms with van der Waals surface area (Å²) in [6.07, 6.45) is 21.4. The number of rotatable bonds is 18. The number of carboxylic acids is 1. The number of aliphatic carboxylic acids is 1. The van der Waals surface area contributed by atoms with E-state index in [1.165, 1.54) is 95.5 Å². The molecule has 0 radical (unpaired) electrons. The summed E-state index contributed by atoms with van der Waals surface area (Å²) in [6.45, 7) is 6.80. The summed E-state index contributed by atoms with van der Waals surface area (Å²) in [6, 6.07) is 0. The maximum atomic E-state index is 11.2. The third-order valence-corrected chi connectivity index (χ3v) is 10.2. The van der Waals surface area contributed by atoms with Crippen LogP contribution in [0.5, 0.6) is 0 Å². The lowest BCUT2D eigenvalue weighted by Gasteiger charge is -2.28. The predicted octanol–water partition coefficient (Wildman–Crippen LogP) is 7.22. The minimum Gasteiger partial charge on any atom is -0.481 e. The van der Waals surface area contributed by atoms with E-state index in [0.29, 0.717) is 6.42 Å². The molecule has 24 heavy (non-hydrogen) atoms. The number of hydrogen-bond acceptors (Lipinski definition) is 1. The number of unbranched alkanes of at least 4 members (excludes halogenated alkanes) is 9. The summed E-state index contributed by atoms with van der Waals surface area (Å²) in [7, 11) is -1.05. The Morgan fingerprint density at radius 3 is 1.29 bits per heavy atom. The molecule has 0 bridgehead atoms. The van der Waals surface area contributed by atoms with E-state index in [0.717, 1.165) is 6.16 Å². The highest BCUT2D eigenvalue weighted by atomic mass is 31.2. The van der Waals surface area contributed by atoms with Crippen molar-refractivity contribution in [1.82, 2.24) is 0 Å². The van der Waals surface area contributed by atoms with Crippen molar-refractivity contribution >= 4 is 13.2 Å². The van der Waals surface area contributed by atoms with E-state index in [2.05, 4.69) is 20.8 Å². The molecular weight excluding hydrogens is 315 g/mol. The lowest BCUT2D eigenvalue weighted by atomic mass is 10.2. The van der Waals surface area contributed by atoms with Crippen LogP contribution >= 0.6 is 7.26 Å². The molecule has 0 saturated carbocycles. The largest absolute Gasteiger partial charge is 0.481 e. The SMILES string of the molecule is CCCCCC[P+](CCCCCC)(CCCCCC)CCC(=O)O. The standard InChI is InChI=1S/C21H43O2P/c1-4-7-10-13-17-24(20-16-21(22)23,18-14-11-8-5-2)19-15-12-9-6-3/h4-20H2,1-3H3/p+1. The van der Waals surface area contributed by atoms with Crippen LogP contribution in [0.15, 0.2) is 0 Å². The first-order chi connectivity index (χ1) is 11.6. The maximum absolute atomic E-state index is 11.2. The monoisotopic (exact) mass is 359 g/mol. The summed E-state index contributed by atoms with van der Waals surface area (Å²) in [5, 5.41) is 9.22. The van der Waals surface area contributed by atoms with Crippen molar-refractivity contribution < 1.29 is 9.90 Å². The Kier molecular flexibility index (Phi) is 16.3. The fraction of sp³-hybridized carbons (Fsp3) is 0.952. The van der Waals surface area contributed by atoms with E-state index in [9.17, 15) is 9.90 Å². The molecular formula is C21H44O2P+. The molecule has 0 aliphatic carbocycles. The zero-order valence-electron chi connectivity index (χ0n) is 16.8. The van der Waals surface area contributed by atoms with E-state index in [-0.39, 0.29) is 0 Å². The van der Waals surface area contributed by atoms with Crippen LogP contribution in [0.1, 0.15) is 104 Å². The quantitative estimate of drug-likeness (QED) is 0.207. The highest BCUT2D eigenvalue weighted by Gasteiger charge is 2.35. The van der Waals surface area contributed by atoms with Gasteiger partial charge in [-0.25, -0.2) is 0 Å². The second kappa shape index (κ2) is 16.4. The van der Waals surface area contributed by atoms with Crippen LogP contribution in [0.25, 0.3) is 0 Å². The second-order valence-electron chi connectivity index (χ2n) is 7.56. The van der Waals surface area contributed by atoms with E-state index in [4.69, 9.17) is 0 Å². The number of carboxylic acid groups (broad SMARTS) is 1. The van der Waals surface area contributed by atoms with E-state index in [1.54, 1.807) is 0 Å². The van der Waals surface area contributed by atoms with Crippen molar-refractivity contribution in [2.75, 3.05) is 24.6 Å². The van der Waals surface area contributed by atoms with Gasteiger partial charge in [-0.2, -0.15) is 0 Å². The zero-order chi connectivity index (χ0) is 18.1. The van der Waals surface area contributed by atoms with Gasteiger partial charge in [0.2, 0.25) is 0 Å². The van der Waals surface area contributed by atoms with E-state index >= 15 is 0 Å². The average molecular weight is 360 g/mol. The molecule has 0 atom stereocenters. The van der Waals surface area contributed by atoms with Gasteiger partial charge in [-0.1, -0.05) is 59.3 Å². The molecule has 0 fully saturated rings. The number of carbonyl (C=O) groups is 1. The molecule has 0 rings (SSSR count). The Labute approximate surface area is 152 Å². The highest BCUT2D eigenvalue weighted by molar-refractivity contribution is 7.75. The Morgan fingerprint density at radius 1 is 0.625 bits per heavy atom. The molecule has 0 spiro atoms. The van der Waals surface area contributed by atoms with Crippen molar-refractivity contribution in [2.45, 2.75) is 104 Å². The van der Waals surface area contributed by atoms with Gasteiger partial charge in [0.15, 0.2) is 0 Å². The number of hydrogen-bond donors (Lipinski definition) is 1. The Balaban J connectivity index is 4.67. The van der Waals surface area contributed by atoms with Gasteiger partial charge < -0.3 is 5.11 Å². The third kappa shape index (κ3) is 13.2. The Morgan fingerprint density at radius 2 is 1.00 bits per heavy atom. The van der Waals surface area contributed by atoms with Gasteiger partial charge in [-0.15, -0.1) is 0 Å². The summed E-state index contributed by atoms with van der Waals surface area (Å²) in [4.78, 5) is 11.2. The van der Waals surface area contributed by atoms with Gasteiger partial charge in [0.25, 0.3) is 0 Å². The maximum Gasteiger partial charge on any atom is 0.307 e. The fourth-order valence-electron chi connectivity index (χ4n) is 3.63. The molecule has 0 heterocycles. The van der Waals surface area contributed by atoms with Gasteiger partial charge in [0, 0.05) is 7.26 Å². The van der Waals surface area contributed by atoms with Gasteiger partial charge in [0.05, 0.1) is 31.1 Å². The lowest BCUT2D eigenvalue weighted by Crippen LogP contribution is -2.15. The van der Waals surface area contributed by atoms with Crippen molar-refractivity contribution in [3.8, 4) is 0 Å². The Bertz CT molecular complexity index is 260. The van der Waals surface area contributed by atoms with E-state index < -0.39 is 13.2 Å². The van der Waals surface area contributed by atoms with Crippen molar-refractivity contribution in [1.29, 1.82) is 0 Å². The molecule has 0 unspecified atom stereocenters. The molecule has 0 aromatic rings. The van der Waals surface area contributed by atoms with Crippen LogP contribution in [0.3, 0.4) is 0 Å². The smallest absolute Gasteiger partial charge is 0.307 e. The van der Waals surface area contributed by atoms with Crippen LogP contribution in [0.4, 0.5) is 0 Å². The van der Waals surface area contributed by atoms with Gasteiger partial charge in [-0.05, 0) is 38.5 Å². The van der Waals surface area contributed by atoms with Crippen LogP contribution in [0.2, 0.25) is 0 Å². The van der Waals surface area contributed by atoms with Crippen molar-refractivity contribution in [3.63, 3.8) is 0 Å². The molecule has 0 aliphatic rings. The van der Waals surface area contributed by atoms with Crippen LogP contribution < -0.4 is 0 Å². The first-order valence-corrected chi connectivity index (χ1v) is 13.2. The van der Waals surface area contributed by atoms with Gasteiger partial charge in [-0.3, -0.25) is 4.79 Å². The molecule has 0 aromatic heterocycles. The molecule has 144 valence electrons.